The molecule has 188 valence electrons. The van der Waals surface area contributed by atoms with Crippen LogP contribution in [0.5, 0.6) is 0 Å². The van der Waals surface area contributed by atoms with E-state index in [-0.39, 0.29) is 24.7 Å². The highest BCUT2D eigenvalue weighted by atomic mass is 32.2. The molecule has 0 aromatic carbocycles. The Bertz CT molecular complexity index is 1020. The van der Waals surface area contributed by atoms with Gasteiger partial charge in [0, 0.05) is 11.8 Å². The Balaban J connectivity index is 1.41. The van der Waals surface area contributed by atoms with Crippen LogP contribution in [0.15, 0.2) is 0 Å². The predicted molar refractivity (Wildman–Crippen MR) is 99.6 cm³/mol. The first-order chi connectivity index (χ1) is 15.2. The van der Waals surface area contributed by atoms with E-state index < -0.39 is 79.5 Å². The summed E-state index contributed by atoms with van der Waals surface area (Å²) >= 11 is 0. The molecule has 0 N–H and O–H groups in total. The highest BCUT2D eigenvalue weighted by Gasteiger charge is 2.65. The van der Waals surface area contributed by atoms with Gasteiger partial charge in [0.05, 0.1) is 17.1 Å². The van der Waals surface area contributed by atoms with Gasteiger partial charge in [0.1, 0.15) is 28.9 Å². The van der Waals surface area contributed by atoms with Crippen LogP contribution in [0.4, 0.5) is 13.2 Å². The normalized spacial score (nSPS) is 38.1. The SMILES string of the molecule is O=C(OCC(C(F)(F)F)S(=O)(=O)[O-])C1CCCCC1C(=O)OC1C2CC3C1OS(=O)(=O)C3C2. The standard InChI is InChI=1S/C18H23F3O10S2/c19-18(20,21)13(32(24,25)26)7-29-16(22)9-3-1-2-4-10(9)17(23)30-14-8-5-11-12(6-8)33(27,28)31-15(11)14/h8-15H,1-7H2,(H,24,25,26)/p-1. The third-order valence-electron chi connectivity index (χ3n) is 7.13. The second kappa shape index (κ2) is 8.34. The number of esters is 2. The maximum absolute atomic E-state index is 12.9. The number of hydrogen-bond donors (Lipinski definition) is 0. The van der Waals surface area contributed by atoms with Crippen molar-refractivity contribution in [3.8, 4) is 0 Å². The summed E-state index contributed by atoms with van der Waals surface area (Å²) in [6.45, 7) is -1.70. The van der Waals surface area contributed by atoms with Gasteiger partial charge >= 0.3 is 18.1 Å². The minimum absolute atomic E-state index is 0.104. The molecular formula is C18H22F3O10S2-. The maximum Gasteiger partial charge on any atom is 0.407 e. The average molecular weight is 519 g/mol. The number of ether oxygens (including phenoxy) is 2. The lowest BCUT2D eigenvalue weighted by Crippen LogP contribution is -2.44. The molecule has 4 rings (SSSR count). The lowest BCUT2D eigenvalue weighted by Gasteiger charge is -2.32. The molecule has 0 aromatic rings. The first-order valence-corrected chi connectivity index (χ1v) is 13.4. The quantitative estimate of drug-likeness (QED) is 0.280. The molecule has 0 aromatic heterocycles. The maximum atomic E-state index is 12.9. The Morgan fingerprint density at radius 2 is 1.70 bits per heavy atom. The lowest BCUT2D eigenvalue weighted by atomic mass is 9.79. The van der Waals surface area contributed by atoms with Crippen LogP contribution >= 0.6 is 0 Å². The Labute approximate surface area is 188 Å². The van der Waals surface area contributed by atoms with E-state index in [0.29, 0.717) is 25.7 Å². The van der Waals surface area contributed by atoms with Crippen molar-refractivity contribution in [3.63, 3.8) is 0 Å². The van der Waals surface area contributed by atoms with E-state index in [1.54, 1.807) is 0 Å². The van der Waals surface area contributed by atoms with Crippen LogP contribution in [0.25, 0.3) is 0 Å². The third-order valence-corrected chi connectivity index (χ3v) is 10.0. The van der Waals surface area contributed by atoms with Gasteiger partial charge in [0.15, 0.2) is 5.25 Å². The van der Waals surface area contributed by atoms with Gasteiger partial charge in [-0.3, -0.25) is 13.8 Å². The predicted octanol–water partition coefficient (Wildman–Crippen LogP) is 0.861. The van der Waals surface area contributed by atoms with Gasteiger partial charge in [-0.05, 0) is 25.7 Å². The monoisotopic (exact) mass is 519 g/mol. The Kier molecular flexibility index (Phi) is 6.24. The summed E-state index contributed by atoms with van der Waals surface area (Å²) in [6, 6.07) is 0. The van der Waals surface area contributed by atoms with Crippen molar-refractivity contribution >= 4 is 32.2 Å². The highest BCUT2D eigenvalue weighted by Crippen LogP contribution is 2.55. The molecule has 1 saturated heterocycles. The largest absolute Gasteiger partial charge is 0.747 e. The van der Waals surface area contributed by atoms with Crippen LogP contribution in [-0.2, 0) is 43.5 Å². The van der Waals surface area contributed by atoms with Crippen molar-refractivity contribution in [2.45, 2.75) is 67.4 Å². The van der Waals surface area contributed by atoms with Gasteiger partial charge in [-0.2, -0.15) is 21.6 Å². The molecule has 0 amide bonds. The lowest BCUT2D eigenvalue weighted by molar-refractivity contribution is -0.174. The molecule has 10 nitrogen and oxygen atoms in total. The number of carbonyl (C=O) groups is 2. The minimum Gasteiger partial charge on any atom is -0.747 e. The van der Waals surface area contributed by atoms with Crippen LogP contribution in [0.2, 0.25) is 0 Å². The third kappa shape index (κ3) is 4.60. The minimum atomic E-state index is -5.82. The zero-order valence-electron chi connectivity index (χ0n) is 17.1. The molecule has 15 heteroatoms. The molecule has 8 atom stereocenters. The zero-order chi connectivity index (χ0) is 24.3. The Morgan fingerprint density at radius 3 is 2.27 bits per heavy atom. The zero-order valence-corrected chi connectivity index (χ0v) is 18.7. The molecule has 2 bridgehead atoms. The summed E-state index contributed by atoms with van der Waals surface area (Å²) in [5.74, 6) is -4.71. The molecule has 1 heterocycles. The van der Waals surface area contributed by atoms with Crippen LogP contribution in [0.3, 0.4) is 0 Å². The molecule has 4 fully saturated rings. The van der Waals surface area contributed by atoms with E-state index in [1.165, 1.54) is 0 Å². The number of alkyl halides is 3. The van der Waals surface area contributed by atoms with E-state index in [0.717, 1.165) is 0 Å². The molecule has 33 heavy (non-hydrogen) atoms. The Hall–Kier alpha value is -1.45. The van der Waals surface area contributed by atoms with Crippen LogP contribution < -0.4 is 0 Å². The fraction of sp³-hybridized carbons (Fsp3) is 0.889. The first kappa shape index (κ1) is 24.7. The highest BCUT2D eigenvalue weighted by molar-refractivity contribution is 7.87. The van der Waals surface area contributed by atoms with Gasteiger partial charge in [-0.1, -0.05) is 12.8 Å². The van der Waals surface area contributed by atoms with Crippen molar-refractivity contribution < 1.29 is 57.8 Å². The van der Waals surface area contributed by atoms with Crippen molar-refractivity contribution in [1.29, 1.82) is 0 Å². The van der Waals surface area contributed by atoms with Crippen LogP contribution in [0, 0.1) is 23.7 Å². The second-order valence-electron chi connectivity index (χ2n) is 9.04. The number of rotatable bonds is 6. The van der Waals surface area contributed by atoms with Crippen LogP contribution in [-0.4, -0.2) is 68.8 Å². The first-order valence-electron chi connectivity index (χ1n) is 10.5. The van der Waals surface area contributed by atoms with E-state index in [1.807, 2.05) is 0 Å². The van der Waals surface area contributed by atoms with E-state index in [9.17, 15) is 44.1 Å². The van der Waals surface area contributed by atoms with Gasteiger partial charge in [0.25, 0.3) is 10.1 Å². The molecule has 4 aliphatic rings. The second-order valence-corrected chi connectivity index (χ2v) is 12.4. The van der Waals surface area contributed by atoms with E-state index in [2.05, 4.69) is 4.74 Å². The molecule has 0 spiro atoms. The van der Waals surface area contributed by atoms with Gasteiger partial charge in [0.2, 0.25) is 0 Å². The fourth-order valence-corrected chi connectivity index (χ4v) is 8.01. The molecule has 8 unspecified atom stereocenters. The number of fused-ring (bicyclic) bond motifs is 1. The summed E-state index contributed by atoms with van der Waals surface area (Å²) in [4.78, 5) is 25.3. The summed E-state index contributed by atoms with van der Waals surface area (Å²) in [5, 5.41) is -4.02. The number of halogens is 3. The van der Waals surface area contributed by atoms with E-state index >= 15 is 0 Å². The summed E-state index contributed by atoms with van der Waals surface area (Å²) in [7, 11) is -9.54. The molecule has 3 saturated carbocycles. The summed E-state index contributed by atoms with van der Waals surface area (Å²) in [6.07, 6.45) is -4.86. The van der Waals surface area contributed by atoms with Crippen molar-refractivity contribution in [3.05, 3.63) is 0 Å². The van der Waals surface area contributed by atoms with Gasteiger partial charge in [-0.15, -0.1) is 0 Å². The summed E-state index contributed by atoms with van der Waals surface area (Å²) in [5.41, 5.74) is 0. The number of carbonyl (C=O) groups excluding carboxylic acids is 2. The van der Waals surface area contributed by atoms with Crippen molar-refractivity contribution in [2.75, 3.05) is 6.61 Å². The smallest absolute Gasteiger partial charge is 0.407 e. The molecule has 3 aliphatic carbocycles. The van der Waals surface area contributed by atoms with Crippen molar-refractivity contribution in [1.82, 2.24) is 0 Å². The molecule has 0 radical (unpaired) electrons. The van der Waals surface area contributed by atoms with Crippen molar-refractivity contribution in [2.24, 2.45) is 23.7 Å². The topological polar surface area (TPSA) is 153 Å². The Morgan fingerprint density at radius 1 is 1.09 bits per heavy atom. The van der Waals surface area contributed by atoms with Gasteiger partial charge < -0.3 is 14.0 Å². The number of hydrogen-bond acceptors (Lipinski definition) is 10. The van der Waals surface area contributed by atoms with E-state index in [4.69, 9.17) is 8.92 Å². The molecule has 1 aliphatic heterocycles. The molecular weight excluding hydrogens is 497 g/mol. The van der Waals surface area contributed by atoms with Gasteiger partial charge in [-0.25, -0.2) is 8.42 Å². The fourth-order valence-electron chi connectivity index (χ4n) is 5.57. The average Bonchev–Trinajstić information content (AvgIpc) is 3.30. The summed E-state index contributed by atoms with van der Waals surface area (Å²) < 4.78 is 111. The van der Waals surface area contributed by atoms with Crippen LogP contribution in [0.1, 0.15) is 38.5 Å².